The first-order valence-corrected chi connectivity index (χ1v) is 9.34. The highest BCUT2D eigenvalue weighted by molar-refractivity contribution is 8.18. The topological polar surface area (TPSA) is 18.5 Å². The molecule has 1 fully saturated rings. The van der Waals surface area contributed by atoms with Gasteiger partial charge in [0.05, 0.1) is 18.3 Å². The summed E-state index contributed by atoms with van der Waals surface area (Å²) >= 11 is 4.16. The van der Waals surface area contributed by atoms with Crippen molar-refractivity contribution in [2.24, 2.45) is 0 Å². The number of unbranched alkanes of at least 4 members (excludes halogenated alkanes) is 1. The molecule has 1 aromatic rings. The van der Waals surface area contributed by atoms with Gasteiger partial charge in [-0.05, 0) is 54.9 Å². The number of allylic oxidation sites excluding steroid dienone is 1. The van der Waals surface area contributed by atoms with Crippen molar-refractivity contribution in [2.45, 2.75) is 29.8 Å². The van der Waals surface area contributed by atoms with E-state index in [2.05, 4.69) is 42.2 Å². The third-order valence-corrected chi connectivity index (χ3v) is 7.20. The summed E-state index contributed by atoms with van der Waals surface area (Å²) in [5.74, 6) is 4.09. The van der Waals surface area contributed by atoms with Crippen LogP contribution in [0.5, 0.6) is 11.5 Å². The van der Waals surface area contributed by atoms with Crippen LogP contribution in [0.2, 0.25) is 0 Å². The fourth-order valence-corrected chi connectivity index (χ4v) is 6.00. The zero-order valence-corrected chi connectivity index (χ0v) is 14.5. The lowest BCUT2D eigenvalue weighted by Crippen LogP contribution is -2.23. The number of thioether (sulfide) groups is 2. The molecular formula is C17H24O2S2. The van der Waals surface area contributed by atoms with Gasteiger partial charge in [0, 0.05) is 0 Å². The Bertz CT molecular complexity index is 468. The normalized spacial score (nSPS) is 17.2. The highest BCUT2D eigenvalue weighted by atomic mass is 32.2. The van der Waals surface area contributed by atoms with E-state index in [1.165, 1.54) is 36.3 Å². The molecule has 0 amide bonds. The fourth-order valence-electron chi connectivity index (χ4n) is 2.58. The number of ether oxygens (including phenoxy) is 2. The highest BCUT2D eigenvalue weighted by Crippen LogP contribution is 2.54. The molecule has 0 atom stereocenters. The Hall–Kier alpha value is -0.740. The summed E-state index contributed by atoms with van der Waals surface area (Å²) in [4.78, 5) is 0. The molecule has 0 N–H and O–H groups in total. The smallest absolute Gasteiger partial charge is 0.161 e. The average Bonchev–Trinajstić information content (AvgIpc) is 2.55. The van der Waals surface area contributed by atoms with Crippen LogP contribution in [0.25, 0.3) is 0 Å². The van der Waals surface area contributed by atoms with Gasteiger partial charge in [0.1, 0.15) is 0 Å². The lowest BCUT2D eigenvalue weighted by atomic mass is 10.0. The molecule has 0 aromatic heterocycles. The van der Waals surface area contributed by atoms with Crippen LogP contribution in [-0.2, 0) is 4.08 Å². The molecule has 1 aromatic carbocycles. The zero-order valence-electron chi connectivity index (χ0n) is 12.9. The maximum atomic E-state index is 5.48. The zero-order chi connectivity index (χ0) is 15.1. The molecule has 21 heavy (non-hydrogen) atoms. The van der Waals surface area contributed by atoms with E-state index in [1.807, 2.05) is 12.1 Å². The fraction of sp³-hybridized carbons (Fsp3) is 0.529. The summed E-state index contributed by atoms with van der Waals surface area (Å²) < 4.78 is 11.0. The van der Waals surface area contributed by atoms with E-state index < -0.39 is 0 Å². The predicted molar refractivity (Wildman–Crippen MR) is 94.8 cm³/mol. The summed E-state index contributed by atoms with van der Waals surface area (Å²) in [6, 6.07) is 6.37. The monoisotopic (exact) mass is 324 g/mol. The largest absolute Gasteiger partial charge is 0.493 e. The van der Waals surface area contributed by atoms with Crippen LogP contribution in [0, 0.1) is 0 Å². The lowest BCUT2D eigenvalue weighted by molar-refractivity contribution is 0.354. The molecule has 2 nitrogen and oxygen atoms in total. The van der Waals surface area contributed by atoms with Crippen molar-refractivity contribution in [3.63, 3.8) is 0 Å². The van der Waals surface area contributed by atoms with Crippen LogP contribution >= 0.6 is 23.5 Å². The van der Waals surface area contributed by atoms with Crippen molar-refractivity contribution in [3.05, 3.63) is 36.4 Å². The van der Waals surface area contributed by atoms with Gasteiger partial charge in [-0.2, -0.15) is 0 Å². The molecule has 1 aliphatic rings. The van der Waals surface area contributed by atoms with Crippen molar-refractivity contribution in [2.75, 3.05) is 25.7 Å². The van der Waals surface area contributed by atoms with Crippen LogP contribution in [-0.4, -0.2) is 25.7 Å². The van der Waals surface area contributed by atoms with E-state index in [-0.39, 0.29) is 4.08 Å². The molecule has 1 heterocycles. The van der Waals surface area contributed by atoms with Crippen molar-refractivity contribution in [1.82, 2.24) is 0 Å². The molecule has 1 saturated heterocycles. The maximum Gasteiger partial charge on any atom is 0.161 e. The molecule has 0 aliphatic carbocycles. The number of rotatable bonds is 7. The summed E-state index contributed by atoms with van der Waals surface area (Å²) in [6.45, 7) is 3.84. The first kappa shape index (κ1) is 16.6. The van der Waals surface area contributed by atoms with Crippen LogP contribution in [0.4, 0.5) is 0 Å². The summed E-state index contributed by atoms with van der Waals surface area (Å²) in [5.41, 5.74) is 1.35. The van der Waals surface area contributed by atoms with Gasteiger partial charge < -0.3 is 9.47 Å². The van der Waals surface area contributed by atoms with Gasteiger partial charge in [-0.3, -0.25) is 0 Å². The molecule has 2 rings (SSSR count). The van der Waals surface area contributed by atoms with E-state index in [0.717, 1.165) is 17.9 Å². The van der Waals surface area contributed by atoms with Crippen molar-refractivity contribution in [1.29, 1.82) is 0 Å². The second-order valence-corrected chi connectivity index (χ2v) is 8.10. The first-order valence-electron chi connectivity index (χ1n) is 7.37. The van der Waals surface area contributed by atoms with Crippen molar-refractivity contribution >= 4 is 23.5 Å². The molecule has 0 radical (unpaired) electrons. The maximum absolute atomic E-state index is 5.48. The first-order chi connectivity index (χ1) is 10.3. The van der Waals surface area contributed by atoms with Gasteiger partial charge in [-0.15, -0.1) is 30.1 Å². The van der Waals surface area contributed by atoms with Crippen LogP contribution in [0.1, 0.15) is 31.2 Å². The molecule has 0 unspecified atom stereocenters. The standard InChI is InChI=1S/C17H24O2S2/c1-4-5-6-10-17(20-11-7-12-21-17)14-8-9-15(18-2)16(13-14)19-3/h4,8-9,13H,1,5-7,10-12H2,2-3H3. The molecule has 0 saturated carbocycles. The Morgan fingerprint density at radius 2 is 1.90 bits per heavy atom. The Morgan fingerprint density at radius 3 is 2.52 bits per heavy atom. The summed E-state index contributed by atoms with van der Waals surface area (Å²) in [5, 5.41) is 0. The van der Waals surface area contributed by atoms with Gasteiger partial charge in [0.25, 0.3) is 0 Å². The van der Waals surface area contributed by atoms with Crippen LogP contribution in [0.3, 0.4) is 0 Å². The quantitative estimate of drug-likeness (QED) is 0.514. The Labute approximate surface area is 136 Å². The predicted octanol–water partition coefficient (Wildman–Crippen LogP) is 5.08. The Morgan fingerprint density at radius 1 is 1.19 bits per heavy atom. The number of hydrogen-bond acceptors (Lipinski definition) is 4. The van der Waals surface area contributed by atoms with E-state index in [0.29, 0.717) is 0 Å². The summed E-state index contributed by atoms with van der Waals surface area (Å²) in [6.07, 6.45) is 6.74. The Kier molecular flexibility index (Phi) is 6.37. The van der Waals surface area contributed by atoms with E-state index >= 15 is 0 Å². The number of methoxy groups -OCH3 is 2. The molecule has 1 aliphatic heterocycles. The number of benzene rings is 1. The molecular weight excluding hydrogens is 300 g/mol. The molecule has 0 bridgehead atoms. The summed E-state index contributed by atoms with van der Waals surface area (Å²) in [7, 11) is 3.38. The Balaban J connectivity index is 2.29. The molecule has 4 heteroatoms. The second kappa shape index (κ2) is 8.04. The lowest BCUT2D eigenvalue weighted by Gasteiger charge is -2.37. The van der Waals surface area contributed by atoms with Crippen LogP contribution < -0.4 is 9.47 Å². The van der Waals surface area contributed by atoms with E-state index in [9.17, 15) is 0 Å². The third-order valence-electron chi connectivity index (χ3n) is 3.70. The highest BCUT2D eigenvalue weighted by Gasteiger charge is 2.35. The van der Waals surface area contributed by atoms with Gasteiger partial charge in [-0.1, -0.05) is 12.1 Å². The third kappa shape index (κ3) is 3.92. The SMILES string of the molecule is C=CCCCC1(c2ccc(OC)c(OC)c2)SCCCS1. The molecule has 0 spiro atoms. The minimum absolute atomic E-state index is 0.154. The van der Waals surface area contributed by atoms with Gasteiger partial charge >= 0.3 is 0 Å². The van der Waals surface area contributed by atoms with Gasteiger partial charge in [0.15, 0.2) is 11.5 Å². The minimum atomic E-state index is 0.154. The minimum Gasteiger partial charge on any atom is -0.493 e. The molecule has 116 valence electrons. The second-order valence-electron chi connectivity index (χ2n) is 5.05. The van der Waals surface area contributed by atoms with Crippen LogP contribution in [0.15, 0.2) is 30.9 Å². The van der Waals surface area contributed by atoms with Crippen molar-refractivity contribution < 1.29 is 9.47 Å². The van der Waals surface area contributed by atoms with E-state index in [4.69, 9.17) is 9.47 Å². The number of hydrogen-bond donors (Lipinski definition) is 0. The van der Waals surface area contributed by atoms with Crippen molar-refractivity contribution in [3.8, 4) is 11.5 Å². The van der Waals surface area contributed by atoms with Gasteiger partial charge in [-0.25, -0.2) is 0 Å². The van der Waals surface area contributed by atoms with Gasteiger partial charge in [0.2, 0.25) is 0 Å². The average molecular weight is 325 g/mol. The van der Waals surface area contributed by atoms with E-state index in [1.54, 1.807) is 14.2 Å².